The van der Waals surface area contributed by atoms with Gasteiger partial charge >= 0.3 is 0 Å². The maximum Gasteiger partial charge on any atom is 0.164 e. The summed E-state index contributed by atoms with van der Waals surface area (Å²) < 4.78 is 7.44. The minimum absolute atomic E-state index is 0.310. The van der Waals surface area contributed by atoms with Crippen LogP contribution < -0.4 is 10.5 Å². The van der Waals surface area contributed by atoms with Gasteiger partial charge in [-0.2, -0.15) is 5.10 Å². The SMILES string of the molecule is COc1[c]ccc(-c2nn(C3CCN(C4CCN(C)CC4)CC3)c3ncnc(N)c23)c1. The second-order valence-electron chi connectivity index (χ2n) is 8.70. The van der Waals surface area contributed by atoms with Crippen molar-refractivity contribution in [3.05, 3.63) is 30.6 Å². The van der Waals surface area contributed by atoms with Crippen LogP contribution in [0.4, 0.5) is 5.82 Å². The number of nitrogen functional groups attached to an aromatic ring is 1. The molecular formula is C23H30N7O. The summed E-state index contributed by atoms with van der Waals surface area (Å²) in [5, 5.41) is 5.82. The van der Waals surface area contributed by atoms with E-state index in [-0.39, 0.29) is 0 Å². The van der Waals surface area contributed by atoms with E-state index in [1.54, 1.807) is 7.11 Å². The monoisotopic (exact) mass is 420 g/mol. The molecule has 2 saturated heterocycles. The van der Waals surface area contributed by atoms with Crippen molar-refractivity contribution in [2.24, 2.45) is 0 Å². The molecule has 0 spiro atoms. The van der Waals surface area contributed by atoms with Gasteiger partial charge in [0.1, 0.15) is 23.6 Å². The third-order valence-electron chi connectivity index (χ3n) is 6.84. The first-order valence-electron chi connectivity index (χ1n) is 11.1. The van der Waals surface area contributed by atoms with Gasteiger partial charge in [-0.15, -0.1) is 0 Å². The van der Waals surface area contributed by atoms with Crippen molar-refractivity contribution in [1.82, 2.24) is 29.5 Å². The van der Waals surface area contributed by atoms with Gasteiger partial charge in [0.2, 0.25) is 0 Å². The van der Waals surface area contributed by atoms with Crippen LogP contribution in [0.2, 0.25) is 0 Å². The molecule has 2 aliphatic rings. The highest BCUT2D eigenvalue weighted by Crippen LogP contribution is 2.35. The van der Waals surface area contributed by atoms with E-state index in [0.29, 0.717) is 23.7 Å². The molecule has 8 nitrogen and oxygen atoms in total. The van der Waals surface area contributed by atoms with E-state index in [2.05, 4.69) is 37.6 Å². The van der Waals surface area contributed by atoms with Gasteiger partial charge in [-0.3, -0.25) is 0 Å². The lowest BCUT2D eigenvalue weighted by Gasteiger charge is -2.41. The van der Waals surface area contributed by atoms with Crippen LogP contribution in [0.25, 0.3) is 22.3 Å². The first kappa shape index (κ1) is 20.2. The van der Waals surface area contributed by atoms with Gasteiger partial charge < -0.3 is 20.3 Å². The first-order chi connectivity index (χ1) is 15.1. The van der Waals surface area contributed by atoms with E-state index < -0.39 is 0 Å². The third-order valence-corrected chi connectivity index (χ3v) is 6.84. The minimum Gasteiger partial charge on any atom is -0.496 e. The molecule has 2 fully saturated rings. The summed E-state index contributed by atoms with van der Waals surface area (Å²) in [6, 6.07) is 9.85. The Balaban J connectivity index is 1.43. The van der Waals surface area contributed by atoms with Crippen molar-refractivity contribution < 1.29 is 4.74 Å². The number of nitrogens with zero attached hydrogens (tertiary/aromatic N) is 6. The number of fused-ring (bicyclic) bond motifs is 1. The molecule has 0 amide bonds. The largest absolute Gasteiger partial charge is 0.496 e. The molecule has 1 radical (unpaired) electrons. The fourth-order valence-electron chi connectivity index (χ4n) is 5.02. The zero-order chi connectivity index (χ0) is 21.4. The number of nitrogens with two attached hydrogens (primary N) is 1. The molecule has 2 N–H and O–H groups in total. The van der Waals surface area contributed by atoms with Crippen LogP contribution in [0.15, 0.2) is 24.5 Å². The first-order valence-corrected chi connectivity index (χ1v) is 11.1. The lowest BCUT2D eigenvalue weighted by Crippen LogP contribution is -2.47. The lowest BCUT2D eigenvalue weighted by atomic mass is 9.98. The van der Waals surface area contributed by atoms with Gasteiger partial charge in [-0.1, -0.05) is 6.07 Å². The van der Waals surface area contributed by atoms with E-state index in [0.717, 1.165) is 48.2 Å². The molecule has 0 atom stereocenters. The summed E-state index contributed by atoms with van der Waals surface area (Å²) in [6.45, 7) is 4.60. The highest BCUT2D eigenvalue weighted by molar-refractivity contribution is 5.98. The van der Waals surface area contributed by atoms with Crippen LogP contribution in [0.1, 0.15) is 31.7 Å². The number of methoxy groups -OCH3 is 1. The number of hydrogen-bond acceptors (Lipinski definition) is 7. The fraction of sp³-hybridized carbons (Fsp3) is 0.522. The second kappa shape index (κ2) is 8.43. The molecule has 0 unspecified atom stereocenters. The quantitative estimate of drug-likeness (QED) is 0.694. The van der Waals surface area contributed by atoms with E-state index in [1.165, 1.54) is 32.3 Å². The molecule has 163 valence electrons. The summed E-state index contributed by atoms with van der Waals surface area (Å²) in [4.78, 5) is 13.9. The number of ether oxygens (including phenoxy) is 1. The topological polar surface area (TPSA) is 85.3 Å². The van der Waals surface area contributed by atoms with Crippen LogP contribution in [0, 0.1) is 6.07 Å². The smallest absolute Gasteiger partial charge is 0.164 e. The minimum atomic E-state index is 0.310. The molecule has 31 heavy (non-hydrogen) atoms. The molecule has 1 aromatic carbocycles. The van der Waals surface area contributed by atoms with Crippen molar-refractivity contribution in [3.63, 3.8) is 0 Å². The molecule has 2 aromatic heterocycles. The Hall–Kier alpha value is -2.71. The lowest BCUT2D eigenvalue weighted by molar-refractivity contribution is 0.0859. The Morgan fingerprint density at radius 2 is 1.81 bits per heavy atom. The standard InChI is InChI=1S/C23H30N7O/c1-28-10-6-17(7-11-28)29-12-8-18(9-13-29)30-23-20(22(24)25-15-26-23)21(27-30)16-4-3-5-19(14-16)31-2/h3-4,14-15,17-18H,6-13H2,1-2H3,(H2,24,25,26). The Labute approximate surface area is 183 Å². The van der Waals surface area contributed by atoms with Crippen molar-refractivity contribution in [3.8, 4) is 17.0 Å². The predicted molar refractivity (Wildman–Crippen MR) is 121 cm³/mol. The van der Waals surface area contributed by atoms with Crippen LogP contribution in [-0.4, -0.2) is 75.9 Å². The number of rotatable bonds is 4. The Morgan fingerprint density at radius 1 is 1.06 bits per heavy atom. The van der Waals surface area contributed by atoms with Crippen LogP contribution in [0.5, 0.6) is 5.75 Å². The summed E-state index contributed by atoms with van der Waals surface area (Å²) in [7, 11) is 3.86. The van der Waals surface area contributed by atoms with Crippen molar-refractivity contribution in [2.75, 3.05) is 46.1 Å². The Kier molecular flexibility index (Phi) is 5.50. The Morgan fingerprint density at radius 3 is 2.55 bits per heavy atom. The van der Waals surface area contributed by atoms with Crippen molar-refractivity contribution in [2.45, 2.75) is 37.8 Å². The van der Waals surface area contributed by atoms with Gasteiger partial charge in [0, 0.05) is 30.8 Å². The molecule has 8 heteroatoms. The molecule has 3 aromatic rings. The highest BCUT2D eigenvalue weighted by atomic mass is 16.5. The van der Waals surface area contributed by atoms with E-state index in [9.17, 15) is 0 Å². The zero-order valence-electron chi connectivity index (χ0n) is 18.3. The highest BCUT2D eigenvalue weighted by Gasteiger charge is 2.30. The molecule has 0 aliphatic carbocycles. The second-order valence-corrected chi connectivity index (χ2v) is 8.70. The number of piperidine rings is 2. The fourth-order valence-corrected chi connectivity index (χ4v) is 5.02. The summed E-state index contributed by atoms with van der Waals surface area (Å²) >= 11 is 0. The molecule has 4 heterocycles. The van der Waals surface area contributed by atoms with Gasteiger partial charge in [0.15, 0.2) is 5.65 Å². The van der Waals surface area contributed by atoms with Gasteiger partial charge in [0.25, 0.3) is 0 Å². The van der Waals surface area contributed by atoms with Crippen molar-refractivity contribution >= 4 is 16.9 Å². The van der Waals surface area contributed by atoms with Gasteiger partial charge in [0.05, 0.1) is 18.5 Å². The maximum absolute atomic E-state index is 6.28. The van der Waals surface area contributed by atoms with E-state index in [1.807, 2.05) is 18.2 Å². The normalized spacial score (nSPS) is 19.8. The van der Waals surface area contributed by atoms with Crippen LogP contribution >= 0.6 is 0 Å². The van der Waals surface area contributed by atoms with Gasteiger partial charge in [-0.25, -0.2) is 14.6 Å². The average Bonchev–Trinajstić information content (AvgIpc) is 3.21. The number of likely N-dealkylation sites (tertiary alicyclic amines) is 2. The summed E-state index contributed by atoms with van der Waals surface area (Å²) in [5.41, 5.74) is 8.83. The molecular weight excluding hydrogens is 390 g/mol. The van der Waals surface area contributed by atoms with Crippen LogP contribution in [-0.2, 0) is 0 Å². The number of anilines is 1. The molecule has 0 saturated carbocycles. The molecule has 5 rings (SSSR count). The molecule has 0 bridgehead atoms. The van der Waals surface area contributed by atoms with Gasteiger partial charge in [-0.05, 0) is 58.0 Å². The van der Waals surface area contributed by atoms with E-state index in [4.69, 9.17) is 15.6 Å². The third kappa shape index (κ3) is 3.85. The number of aromatic nitrogens is 4. The number of hydrogen-bond donors (Lipinski definition) is 1. The van der Waals surface area contributed by atoms with E-state index >= 15 is 0 Å². The average molecular weight is 421 g/mol. The van der Waals surface area contributed by atoms with Crippen LogP contribution in [0.3, 0.4) is 0 Å². The predicted octanol–water partition coefficient (Wildman–Crippen LogP) is 2.62. The molecule has 2 aliphatic heterocycles. The zero-order valence-corrected chi connectivity index (χ0v) is 18.3. The number of benzene rings is 1. The summed E-state index contributed by atoms with van der Waals surface area (Å²) in [6.07, 6.45) is 6.21. The van der Waals surface area contributed by atoms with Crippen molar-refractivity contribution in [1.29, 1.82) is 0 Å². The summed E-state index contributed by atoms with van der Waals surface area (Å²) in [5.74, 6) is 1.13. The maximum atomic E-state index is 6.28. The Bertz CT molecular complexity index is 1050.